The van der Waals surface area contributed by atoms with E-state index in [-0.39, 0.29) is 6.04 Å². The van der Waals surface area contributed by atoms with Gasteiger partial charge < -0.3 is 10.4 Å². The summed E-state index contributed by atoms with van der Waals surface area (Å²) < 4.78 is 0. The van der Waals surface area contributed by atoms with Gasteiger partial charge in [0, 0.05) is 0 Å². The van der Waals surface area contributed by atoms with E-state index in [1.54, 1.807) is 0 Å². The van der Waals surface area contributed by atoms with Crippen molar-refractivity contribution in [2.24, 2.45) is 0 Å². The van der Waals surface area contributed by atoms with Crippen LogP contribution in [-0.4, -0.2) is 23.7 Å². The molecule has 0 spiro atoms. The third-order valence-electron chi connectivity index (χ3n) is 3.05. The van der Waals surface area contributed by atoms with Crippen molar-refractivity contribution in [3.05, 3.63) is 0 Å². The Morgan fingerprint density at radius 2 is 1.59 bits per heavy atom. The zero-order valence-electron chi connectivity index (χ0n) is 11.5. The minimum atomic E-state index is -0.713. The second-order valence-electron chi connectivity index (χ2n) is 4.75. The normalized spacial score (nSPS) is 12.6. The van der Waals surface area contributed by atoms with Crippen molar-refractivity contribution in [1.29, 1.82) is 0 Å². The Hall–Kier alpha value is -0.570. The van der Waals surface area contributed by atoms with Gasteiger partial charge >= 0.3 is 5.97 Å². The SMILES string of the molecule is CCCCCCCCCNC(CCC)C(=O)O. The van der Waals surface area contributed by atoms with E-state index in [1.165, 1.54) is 38.5 Å². The van der Waals surface area contributed by atoms with Gasteiger partial charge in [0.1, 0.15) is 6.04 Å². The maximum Gasteiger partial charge on any atom is 0.320 e. The average molecular weight is 243 g/mol. The lowest BCUT2D eigenvalue weighted by atomic mass is 10.1. The van der Waals surface area contributed by atoms with Crippen LogP contribution in [0.5, 0.6) is 0 Å². The minimum Gasteiger partial charge on any atom is -0.480 e. The topological polar surface area (TPSA) is 49.3 Å². The molecule has 0 bridgehead atoms. The van der Waals surface area contributed by atoms with Crippen LogP contribution in [0.4, 0.5) is 0 Å². The molecule has 3 heteroatoms. The number of carboxylic acid groups (broad SMARTS) is 1. The summed E-state index contributed by atoms with van der Waals surface area (Å²) in [6.07, 6.45) is 10.5. The quantitative estimate of drug-likeness (QED) is 0.515. The molecule has 17 heavy (non-hydrogen) atoms. The third kappa shape index (κ3) is 10.3. The van der Waals surface area contributed by atoms with E-state index in [2.05, 4.69) is 12.2 Å². The van der Waals surface area contributed by atoms with Gasteiger partial charge in [-0.2, -0.15) is 0 Å². The highest BCUT2D eigenvalue weighted by molar-refractivity contribution is 5.73. The Bertz CT molecular complexity index is 183. The van der Waals surface area contributed by atoms with Crippen LogP contribution < -0.4 is 5.32 Å². The Kier molecular flexibility index (Phi) is 11.5. The predicted molar refractivity (Wildman–Crippen MR) is 72.3 cm³/mol. The molecule has 3 nitrogen and oxygen atoms in total. The molecule has 0 aromatic heterocycles. The summed E-state index contributed by atoms with van der Waals surface area (Å²) in [5, 5.41) is 12.1. The summed E-state index contributed by atoms with van der Waals surface area (Å²) in [6.45, 7) is 5.08. The van der Waals surface area contributed by atoms with Gasteiger partial charge in [-0.05, 0) is 19.4 Å². The molecule has 0 aliphatic rings. The molecule has 0 amide bonds. The summed E-state index contributed by atoms with van der Waals surface area (Å²) in [5.74, 6) is -0.713. The van der Waals surface area contributed by atoms with E-state index in [0.29, 0.717) is 0 Å². The number of nitrogens with one attached hydrogen (secondary N) is 1. The standard InChI is InChI=1S/C14H29NO2/c1-3-5-6-7-8-9-10-12-15-13(11-4-2)14(16)17/h13,15H,3-12H2,1-2H3,(H,16,17). The molecule has 0 aromatic carbocycles. The lowest BCUT2D eigenvalue weighted by Crippen LogP contribution is -2.37. The second-order valence-corrected chi connectivity index (χ2v) is 4.75. The Morgan fingerprint density at radius 3 is 2.12 bits per heavy atom. The van der Waals surface area contributed by atoms with E-state index in [1.807, 2.05) is 6.92 Å². The summed E-state index contributed by atoms with van der Waals surface area (Å²) in [6, 6.07) is -0.347. The monoisotopic (exact) mass is 243 g/mol. The van der Waals surface area contributed by atoms with Crippen LogP contribution in [0.25, 0.3) is 0 Å². The van der Waals surface area contributed by atoms with Crippen LogP contribution in [-0.2, 0) is 4.79 Å². The number of unbranched alkanes of at least 4 members (excludes halogenated alkanes) is 6. The average Bonchev–Trinajstić information content (AvgIpc) is 2.31. The molecule has 0 aliphatic heterocycles. The smallest absolute Gasteiger partial charge is 0.320 e. The molecule has 0 saturated carbocycles. The first kappa shape index (κ1) is 16.4. The molecule has 2 N–H and O–H groups in total. The van der Waals surface area contributed by atoms with Crippen molar-refractivity contribution in [3.63, 3.8) is 0 Å². The largest absolute Gasteiger partial charge is 0.480 e. The van der Waals surface area contributed by atoms with E-state index < -0.39 is 5.97 Å². The first-order chi connectivity index (χ1) is 8.22. The van der Waals surface area contributed by atoms with Gasteiger partial charge in [-0.1, -0.05) is 58.8 Å². The number of carbonyl (C=O) groups is 1. The van der Waals surface area contributed by atoms with Crippen LogP contribution >= 0.6 is 0 Å². The maximum absolute atomic E-state index is 10.9. The van der Waals surface area contributed by atoms with Gasteiger partial charge in [0.2, 0.25) is 0 Å². The fourth-order valence-electron chi connectivity index (χ4n) is 1.96. The first-order valence-corrected chi connectivity index (χ1v) is 7.18. The highest BCUT2D eigenvalue weighted by Gasteiger charge is 2.14. The number of hydrogen-bond donors (Lipinski definition) is 2. The molecule has 102 valence electrons. The molecule has 1 atom stereocenters. The van der Waals surface area contributed by atoms with Gasteiger partial charge in [0.25, 0.3) is 0 Å². The molecule has 0 fully saturated rings. The summed E-state index contributed by atoms with van der Waals surface area (Å²) in [7, 11) is 0. The number of carboxylic acids is 1. The van der Waals surface area contributed by atoms with Crippen molar-refractivity contribution in [1.82, 2.24) is 5.32 Å². The van der Waals surface area contributed by atoms with Gasteiger partial charge in [0.15, 0.2) is 0 Å². The van der Waals surface area contributed by atoms with Gasteiger partial charge in [-0.15, -0.1) is 0 Å². The van der Waals surface area contributed by atoms with Crippen molar-refractivity contribution in [2.45, 2.75) is 77.7 Å². The van der Waals surface area contributed by atoms with E-state index >= 15 is 0 Å². The highest BCUT2D eigenvalue weighted by Crippen LogP contribution is 2.06. The number of rotatable bonds is 12. The van der Waals surface area contributed by atoms with Crippen molar-refractivity contribution in [2.75, 3.05) is 6.54 Å². The van der Waals surface area contributed by atoms with Crippen molar-refractivity contribution >= 4 is 5.97 Å². The molecule has 1 unspecified atom stereocenters. The van der Waals surface area contributed by atoms with Crippen LogP contribution in [0.3, 0.4) is 0 Å². The zero-order valence-corrected chi connectivity index (χ0v) is 11.5. The second kappa shape index (κ2) is 11.9. The van der Waals surface area contributed by atoms with Gasteiger partial charge in [0.05, 0.1) is 0 Å². The molecule has 0 aliphatic carbocycles. The lowest BCUT2D eigenvalue weighted by molar-refractivity contribution is -0.139. The van der Waals surface area contributed by atoms with Gasteiger partial charge in [-0.25, -0.2) is 0 Å². The van der Waals surface area contributed by atoms with Crippen molar-refractivity contribution in [3.8, 4) is 0 Å². The number of hydrogen-bond acceptors (Lipinski definition) is 2. The van der Waals surface area contributed by atoms with Crippen LogP contribution in [0, 0.1) is 0 Å². The predicted octanol–water partition coefficient (Wildman–Crippen LogP) is 3.58. The molecule has 0 radical (unpaired) electrons. The van der Waals surface area contributed by atoms with Crippen molar-refractivity contribution < 1.29 is 9.90 Å². The molecular weight excluding hydrogens is 214 g/mol. The first-order valence-electron chi connectivity index (χ1n) is 7.18. The molecule has 0 rings (SSSR count). The van der Waals surface area contributed by atoms with Crippen LogP contribution in [0.15, 0.2) is 0 Å². The fraction of sp³-hybridized carbons (Fsp3) is 0.929. The third-order valence-corrected chi connectivity index (χ3v) is 3.05. The lowest BCUT2D eigenvalue weighted by Gasteiger charge is -2.13. The minimum absolute atomic E-state index is 0.347. The zero-order chi connectivity index (χ0) is 12.9. The maximum atomic E-state index is 10.9. The highest BCUT2D eigenvalue weighted by atomic mass is 16.4. The number of aliphatic carboxylic acids is 1. The van der Waals surface area contributed by atoms with E-state index in [0.717, 1.165) is 25.8 Å². The summed E-state index contributed by atoms with van der Waals surface area (Å²) in [4.78, 5) is 10.9. The van der Waals surface area contributed by atoms with E-state index in [4.69, 9.17) is 5.11 Å². The van der Waals surface area contributed by atoms with Crippen LogP contribution in [0.1, 0.15) is 71.6 Å². The van der Waals surface area contributed by atoms with Crippen LogP contribution in [0.2, 0.25) is 0 Å². The fourth-order valence-corrected chi connectivity index (χ4v) is 1.96. The van der Waals surface area contributed by atoms with E-state index in [9.17, 15) is 4.79 Å². The Labute approximate surface area is 106 Å². The summed E-state index contributed by atoms with van der Waals surface area (Å²) >= 11 is 0. The molecule has 0 saturated heterocycles. The summed E-state index contributed by atoms with van der Waals surface area (Å²) in [5.41, 5.74) is 0. The van der Waals surface area contributed by atoms with Gasteiger partial charge in [-0.3, -0.25) is 4.79 Å². The molecule has 0 heterocycles. The molecular formula is C14H29NO2. The Morgan fingerprint density at radius 1 is 1.00 bits per heavy atom. The molecule has 0 aromatic rings. The Balaban J connectivity index is 3.33.